The summed E-state index contributed by atoms with van der Waals surface area (Å²) < 4.78 is 1.65. The minimum Gasteiger partial charge on any atom is -0.478 e. The predicted octanol–water partition coefficient (Wildman–Crippen LogP) is 2.27. The third-order valence-corrected chi connectivity index (χ3v) is 2.86. The van der Waals surface area contributed by atoms with Crippen LogP contribution < -0.4 is 0 Å². The van der Waals surface area contributed by atoms with Crippen LogP contribution >= 0.6 is 0 Å². The van der Waals surface area contributed by atoms with E-state index in [0.717, 1.165) is 5.69 Å². The molecule has 2 aromatic heterocycles. The minimum absolute atomic E-state index is 0.222. The van der Waals surface area contributed by atoms with Gasteiger partial charge in [-0.25, -0.2) is 9.78 Å². The Balaban J connectivity index is 2.96. The highest BCUT2D eigenvalue weighted by Crippen LogP contribution is 2.30. The Hall–Kier alpha value is -1.91. The lowest BCUT2D eigenvalue weighted by Crippen LogP contribution is -2.14. The quantitative estimate of drug-likeness (QED) is 0.839. The summed E-state index contributed by atoms with van der Waals surface area (Å²) in [5.74, 6) is -0.941. The third kappa shape index (κ3) is 1.85. The predicted molar refractivity (Wildman–Crippen MR) is 68.9 cm³/mol. The van der Waals surface area contributed by atoms with Gasteiger partial charge in [0, 0.05) is 18.2 Å². The van der Waals surface area contributed by atoms with Gasteiger partial charge in [-0.05, 0) is 13.0 Å². The van der Waals surface area contributed by atoms with Crippen molar-refractivity contribution in [2.45, 2.75) is 33.1 Å². The normalized spacial score (nSPS) is 12.1. The lowest BCUT2D eigenvalue weighted by molar-refractivity contribution is 0.0698. The Morgan fingerprint density at radius 1 is 1.39 bits per heavy atom. The maximum Gasteiger partial charge on any atom is 0.336 e. The van der Waals surface area contributed by atoms with E-state index >= 15 is 0 Å². The molecule has 0 saturated heterocycles. The molecule has 0 saturated carbocycles. The van der Waals surface area contributed by atoms with Crippen LogP contribution in [0.15, 0.2) is 6.07 Å². The Morgan fingerprint density at radius 2 is 2.00 bits per heavy atom. The number of nitrogens with zero attached hydrogens (tertiary/aromatic N) is 3. The van der Waals surface area contributed by atoms with Gasteiger partial charge in [0.25, 0.3) is 0 Å². The van der Waals surface area contributed by atoms with Crippen molar-refractivity contribution in [2.75, 3.05) is 0 Å². The van der Waals surface area contributed by atoms with Gasteiger partial charge in [-0.15, -0.1) is 0 Å². The van der Waals surface area contributed by atoms with Crippen LogP contribution in [0.4, 0.5) is 0 Å². The van der Waals surface area contributed by atoms with Crippen LogP contribution in [0.2, 0.25) is 0 Å². The molecule has 5 heteroatoms. The van der Waals surface area contributed by atoms with Crippen LogP contribution in [0.25, 0.3) is 11.0 Å². The second-order valence-corrected chi connectivity index (χ2v) is 5.54. The fourth-order valence-electron chi connectivity index (χ4n) is 2.07. The van der Waals surface area contributed by atoms with Gasteiger partial charge in [0.05, 0.1) is 16.6 Å². The summed E-state index contributed by atoms with van der Waals surface area (Å²) in [5.41, 5.74) is 2.13. The summed E-state index contributed by atoms with van der Waals surface area (Å²) >= 11 is 0. The number of aromatic nitrogens is 3. The number of hydrogen-bond donors (Lipinski definition) is 1. The molecule has 0 bridgehead atoms. The Kier molecular flexibility index (Phi) is 2.65. The molecule has 0 radical (unpaired) electrons. The minimum atomic E-state index is -0.941. The van der Waals surface area contributed by atoms with Gasteiger partial charge in [0.1, 0.15) is 0 Å². The number of carbonyl (C=O) groups is 1. The van der Waals surface area contributed by atoms with Crippen molar-refractivity contribution in [3.8, 4) is 0 Å². The average molecular weight is 247 g/mol. The zero-order chi connectivity index (χ0) is 13.7. The molecule has 0 aliphatic heterocycles. The highest BCUT2D eigenvalue weighted by Gasteiger charge is 2.26. The first-order valence-corrected chi connectivity index (χ1v) is 5.80. The Bertz CT molecular complexity index is 636. The molecule has 0 spiro atoms. The molecule has 96 valence electrons. The first-order valence-electron chi connectivity index (χ1n) is 5.80. The maximum atomic E-state index is 11.4. The van der Waals surface area contributed by atoms with Gasteiger partial charge in [0.15, 0.2) is 5.65 Å². The van der Waals surface area contributed by atoms with Gasteiger partial charge in [-0.3, -0.25) is 4.68 Å². The summed E-state index contributed by atoms with van der Waals surface area (Å²) in [6.07, 6.45) is 0. The topological polar surface area (TPSA) is 68.0 Å². The van der Waals surface area contributed by atoms with E-state index in [9.17, 15) is 9.90 Å². The molecule has 5 nitrogen and oxygen atoms in total. The molecule has 0 amide bonds. The second-order valence-electron chi connectivity index (χ2n) is 5.54. The standard InChI is InChI=1S/C13H17N3O2/c1-7-6-8(12(17)18)9-10(13(2,3)4)15-16(5)11(9)14-7/h6H,1-5H3,(H,17,18). The van der Waals surface area contributed by atoms with Gasteiger partial charge in [0.2, 0.25) is 0 Å². The highest BCUT2D eigenvalue weighted by atomic mass is 16.4. The Morgan fingerprint density at radius 3 is 2.50 bits per heavy atom. The summed E-state index contributed by atoms with van der Waals surface area (Å²) in [5, 5.41) is 14.4. The number of aromatic carboxylic acids is 1. The second kappa shape index (κ2) is 3.80. The van der Waals surface area contributed by atoms with Gasteiger partial charge in [-0.1, -0.05) is 20.8 Å². The monoisotopic (exact) mass is 247 g/mol. The smallest absolute Gasteiger partial charge is 0.336 e. The Labute approximate surface area is 105 Å². The van der Waals surface area contributed by atoms with Crippen LogP contribution in [0, 0.1) is 6.92 Å². The largest absolute Gasteiger partial charge is 0.478 e. The van der Waals surface area contributed by atoms with E-state index in [1.807, 2.05) is 20.8 Å². The maximum absolute atomic E-state index is 11.4. The third-order valence-electron chi connectivity index (χ3n) is 2.86. The molecule has 0 unspecified atom stereocenters. The summed E-state index contributed by atoms with van der Waals surface area (Å²) in [6.45, 7) is 7.83. The number of rotatable bonds is 1. The summed E-state index contributed by atoms with van der Waals surface area (Å²) in [7, 11) is 1.79. The van der Waals surface area contributed by atoms with Crippen LogP contribution in [0.5, 0.6) is 0 Å². The van der Waals surface area contributed by atoms with E-state index in [0.29, 0.717) is 16.7 Å². The molecule has 0 aromatic carbocycles. The van der Waals surface area contributed by atoms with Crippen molar-refractivity contribution < 1.29 is 9.90 Å². The van der Waals surface area contributed by atoms with E-state index in [1.165, 1.54) is 0 Å². The van der Waals surface area contributed by atoms with E-state index in [2.05, 4.69) is 10.1 Å². The average Bonchev–Trinajstić information content (AvgIpc) is 2.55. The molecular formula is C13H17N3O2. The lowest BCUT2D eigenvalue weighted by atomic mass is 9.89. The van der Waals surface area contributed by atoms with Crippen molar-refractivity contribution in [3.05, 3.63) is 23.0 Å². The van der Waals surface area contributed by atoms with Crippen molar-refractivity contribution in [3.63, 3.8) is 0 Å². The SMILES string of the molecule is Cc1cc(C(=O)O)c2c(C(C)(C)C)nn(C)c2n1. The molecular weight excluding hydrogens is 230 g/mol. The first-order chi connectivity index (χ1) is 8.21. The fraction of sp³-hybridized carbons (Fsp3) is 0.462. The molecule has 2 heterocycles. The lowest BCUT2D eigenvalue weighted by Gasteiger charge is -2.16. The van der Waals surface area contributed by atoms with E-state index in [-0.39, 0.29) is 11.0 Å². The van der Waals surface area contributed by atoms with Crippen LogP contribution in [0.1, 0.15) is 42.5 Å². The number of carboxylic acid groups (broad SMARTS) is 1. The highest BCUT2D eigenvalue weighted by molar-refractivity contribution is 6.03. The number of fused-ring (bicyclic) bond motifs is 1. The molecule has 18 heavy (non-hydrogen) atoms. The fourth-order valence-corrected chi connectivity index (χ4v) is 2.07. The van der Waals surface area contributed by atoms with Gasteiger partial charge >= 0.3 is 5.97 Å². The molecule has 0 aliphatic rings. The molecule has 0 aliphatic carbocycles. The zero-order valence-electron chi connectivity index (χ0n) is 11.3. The molecule has 2 aromatic rings. The molecule has 0 atom stereocenters. The zero-order valence-corrected chi connectivity index (χ0v) is 11.3. The van der Waals surface area contributed by atoms with Crippen molar-refractivity contribution >= 4 is 17.0 Å². The van der Waals surface area contributed by atoms with Gasteiger partial charge < -0.3 is 5.11 Å². The number of aryl methyl sites for hydroxylation is 2. The van der Waals surface area contributed by atoms with E-state index in [1.54, 1.807) is 24.7 Å². The van der Waals surface area contributed by atoms with Crippen molar-refractivity contribution in [1.82, 2.24) is 14.8 Å². The van der Waals surface area contributed by atoms with Gasteiger partial charge in [-0.2, -0.15) is 5.10 Å². The summed E-state index contributed by atoms with van der Waals surface area (Å²) in [4.78, 5) is 15.8. The number of carboxylic acids is 1. The molecule has 1 N–H and O–H groups in total. The van der Waals surface area contributed by atoms with Crippen LogP contribution in [-0.4, -0.2) is 25.8 Å². The molecule has 2 rings (SSSR count). The number of hydrogen-bond acceptors (Lipinski definition) is 3. The first kappa shape index (κ1) is 12.5. The molecule has 0 fully saturated rings. The van der Waals surface area contributed by atoms with Crippen molar-refractivity contribution in [1.29, 1.82) is 0 Å². The van der Waals surface area contributed by atoms with Crippen LogP contribution in [-0.2, 0) is 12.5 Å². The number of pyridine rings is 1. The van der Waals surface area contributed by atoms with Crippen LogP contribution in [0.3, 0.4) is 0 Å². The van der Waals surface area contributed by atoms with Crippen molar-refractivity contribution in [2.24, 2.45) is 7.05 Å². The summed E-state index contributed by atoms with van der Waals surface area (Å²) in [6, 6.07) is 1.60. The van der Waals surface area contributed by atoms with E-state index < -0.39 is 5.97 Å². The van der Waals surface area contributed by atoms with E-state index in [4.69, 9.17) is 0 Å².